The van der Waals surface area contributed by atoms with Gasteiger partial charge in [0.1, 0.15) is 11.6 Å². The summed E-state index contributed by atoms with van der Waals surface area (Å²) in [6.07, 6.45) is 3.89. The van der Waals surface area contributed by atoms with Crippen LogP contribution in [0, 0.1) is 0 Å². The predicted octanol–water partition coefficient (Wildman–Crippen LogP) is 2.17. The third-order valence-electron chi connectivity index (χ3n) is 3.67. The van der Waals surface area contributed by atoms with Gasteiger partial charge in [0.2, 0.25) is 5.91 Å². The van der Waals surface area contributed by atoms with Crippen molar-refractivity contribution in [2.75, 3.05) is 30.5 Å². The topological polar surface area (TPSA) is 80.2 Å². The number of hydrogen-bond donors (Lipinski definition) is 1. The van der Waals surface area contributed by atoms with Crippen LogP contribution in [0.1, 0.15) is 19.8 Å². The smallest absolute Gasteiger partial charge is 0.222 e. The molecule has 1 saturated heterocycles. The molecule has 1 atom stereocenters. The third-order valence-corrected chi connectivity index (χ3v) is 4.44. The maximum absolute atomic E-state index is 11.4. The van der Waals surface area contributed by atoms with Gasteiger partial charge >= 0.3 is 0 Å². The minimum absolute atomic E-state index is 0.158. The van der Waals surface area contributed by atoms with Crippen molar-refractivity contribution in [3.8, 4) is 10.8 Å². The minimum atomic E-state index is -0.158. The number of anilines is 2. The molecule has 0 aromatic carbocycles. The highest BCUT2D eigenvalue weighted by Crippen LogP contribution is 2.28. The highest BCUT2D eigenvalue weighted by Gasteiger charge is 2.26. The SMILES string of the molecule is COC[C@H]1CCCN1c1cc(NC(C)=O)nc(-c2nccs2)n1. The molecule has 3 heterocycles. The molecule has 122 valence electrons. The fourth-order valence-electron chi connectivity index (χ4n) is 2.76. The summed E-state index contributed by atoms with van der Waals surface area (Å²) in [7, 11) is 1.71. The van der Waals surface area contributed by atoms with Crippen LogP contribution in [0.25, 0.3) is 10.8 Å². The van der Waals surface area contributed by atoms with Crippen molar-refractivity contribution in [3.05, 3.63) is 17.6 Å². The van der Waals surface area contributed by atoms with Crippen molar-refractivity contribution in [2.45, 2.75) is 25.8 Å². The van der Waals surface area contributed by atoms with Crippen molar-refractivity contribution >= 4 is 28.9 Å². The van der Waals surface area contributed by atoms with Gasteiger partial charge in [0.15, 0.2) is 10.8 Å². The van der Waals surface area contributed by atoms with E-state index >= 15 is 0 Å². The number of carbonyl (C=O) groups is 1. The fourth-order valence-corrected chi connectivity index (χ4v) is 3.33. The van der Waals surface area contributed by atoms with Crippen molar-refractivity contribution in [3.63, 3.8) is 0 Å². The maximum atomic E-state index is 11.4. The Morgan fingerprint density at radius 3 is 3.09 bits per heavy atom. The lowest BCUT2D eigenvalue weighted by molar-refractivity contribution is -0.114. The molecule has 1 amide bonds. The zero-order valence-corrected chi connectivity index (χ0v) is 14.0. The van der Waals surface area contributed by atoms with Crippen LogP contribution in [0.15, 0.2) is 17.6 Å². The van der Waals surface area contributed by atoms with E-state index in [4.69, 9.17) is 4.74 Å². The number of ether oxygens (including phenoxy) is 1. The second-order valence-electron chi connectivity index (χ2n) is 5.40. The molecule has 8 heteroatoms. The molecule has 1 aliphatic heterocycles. The van der Waals surface area contributed by atoms with E-state index in [1.807, 2.05) is 11.4 Å². The Kier molecular flexibility index (Phi) is 4.82. The van der Waals surface area contributed by atoms with E-state index in [9.17, 15) is 4.79 Å². The second-order valence-corrected chi connectivity index (χ2v) is 6.29. The lowest BCUT2D eigenvalue weighted by Gasteiger charge is -2.25. The summed E-state index contributed by atoms with van der Waals surface area (Å²) in [6.45, 7) is 3.04. The van der Waals surface area contributed by atoms with Crippen LogP contribution in [-0.4, -0.2) is 47.2 Å². The number of nitrogens with zero attached hydrogens (tertiary/aromatic N) is 4. The first kappa shape index (κ1) is 15.8. The van der Waals surface area contributed by atoms with Crippen molar-refractivity contribution in [1.82, 2.24) is 15.0 Å². The van der Waals surface area contributed by atoms with Gasteiger partial charge in [0.25, 0.3) is 0 Å². The monoisotopic (exact) mass is 333 g/mol. The van der Waals surface area contributed by atoms with E-state index < -0.39 is 0 Å². The number of amides is 1. The first-order valence-electron chi connectivity index (χ1n) is 7.49. The number of methoxy groups -OCH3 is 1. The van der Waals surface area contributed by atoms with Gasteiger partial charge < -0.3 is 15.0 Å². The summed E-state index contributed by atoms with van der Waals surface area (Å²) in [5.74, 6) is 1.67. The van der Waals surface area contributed by atoms with Crippen LogP contribution in [0.3, 0.4) is 0 Å². The highest BCUT2D eigenvalue weighted by molar-refractivity contribution is 7.13. The summed E-state index contributed by atoms with van der Waals surface area (Å²) in [5, 5.41) is 5.37. The molecule has 0 unspecified atom stereocenters. The van der Waals surface area contributed by atoms with Crippen LogP contribution in [0.2, 0.25) is 0 Å². The number of hydrogen-bond acceptors (Lipinski definition) is 7. The standard InChI is InChI=1S/C15H19N5O2S/c1-10(21)17-12-8-13(20-6-3-4-11(20)9-22-2)19-14(18-12)15-16-5-7-23-15/h5,7-8,11H,3-4,6,9H2,1-2H3,(H,17,18,19,21)/t11-/m1/s1. The first-order chi connectivity index (χ1) is 11.2. The molecular weight excluding hydrogens is 314 g/mol. The van der Waals surface area contributed by atoms with Gasteiger partial charge in [-0.3, -0.25) is 4.79 Å². The van der Waals surface area contributed by atoms with Crippen LogP contribution < -0.4 is 10.2 Å². The largest absolute Gasteiger partial charge is 0.383 e. The summed E-state index contributed by atoms with van der Waals surface area (Å²) in [4.78, 5) is 26.9. The fraction of sp³-hybridized carbons (Fsp3) is 0.467. The van der Waals surface area contributed by atoms with Crippen molar-refractivity contribution < 1.29 is 9.53 Å². The Hall–Kier alpha value is -2.06. The lowest BCUT2D eigenvalue weighted by atomic mass is 10.2. The van der Waals surface area contributed by atoms with Gasteiger partial charge in [0.05, 0.1) is 12.6 Å². The predicted molar refractivity (Wildman–Crippen MR) is 89.7 cm³/mol. The number of rotatable bonds is 5. The summed E-state index contributed by atoms with van der Waals surface area (Å²) >= 11 is 1.47. The Morgan fingerprint density at radius 2 is 2.39 bits per heavy atom. The van der Waals surface area contributed by atoms with E-state index in [0.29, 0.717) is 24.3 Å². The molecule has 0 radical (unpaired) electrons. The van der Waals surface area contributed by atoms with Crippen molar-refractivity contribution in [1.29, 1.82) is 0 Å². The Morgan fingerprint density at radius 1 is 1.52 bits per heavy atom. The molecule has 0 saturated carbocycles. The van der Waals surface area contributed by atoms with Gasteiger partial charge in [-0.05, 0) is 12.8 Å². The average Bonchev–Trinajstić information content (AvgIpc) is 3.18. The van der Waals surface area contributed by atoms with Gasteiger partial charge in [0, 0.05) is 38.2 Å². The summed E-state index contributed by atoms with van der Waals surface area (Å²) < 4.78 is 5.31. The number of aromatic nitrogens is 3. The molecule has 0 spiro atoms. The van der Waals surface area contributed by atoms with E-state index in [1.165, 1.54) is 18.3 Å². The van der Waals surface area contributed by atoms with E-state index in [-0.39, 0.29) is 5.91 Å². The Labute approximate surface area is 138 Å². The molecule has 0 bridgehead atoms. The average molecular weight is 333 g/mol. The molecule has 3 rings (SSSR count). The quantitative estimate of drug-likeness (QED) is 0.903. The third kappa shape index (κ3) is 3.65. The number of carbonyl (C=O) groups excluding carboxylic acids is 1. The Bertz CT molecular complexity index is 677. The normalized spacial score (nSPS) is 17.5. The maximum Gasteiger partial charge on any atom is 0.222 e. The molecule has 1 aliphatic rings. The van der Waals surface area contributed by atoms with Crippen LogP contribution in [-0.2, 0) is 9.53 Å². The van der Waals surface area contributed by atoms with Crippen LogP contribution >= 0.6 is 11.3 Å². The van der Waals surface area contributed by atoms with Gasteiger partial charge in [-0.15, -0.1) is 11.3 Å². The van der Waals surface area contributed by atoms with Gasteiger partial charge in [-0.1, -0.05) is 0 Å². The molecule has 1 N–H and O–H groups in total. The molecular formula is C15H19N5O2S. The van der Waals surface area contributed by atoms with E-state index in [0.717, 1.165) is 30.2 Å². The molecule has 1 fully saturated rings. The molecule has 2 aromatic rings. The number of nitrogens with one attached hydrogen (secondary N) is 1. The van der Waals surface area contributed by atoms with E-state index in [2.05, 4.69) is 25.2 Å². The summed E-state index contributed by atoms with van der Waals surface area (Å²) in [5.41, 5.74) is 0. The number of thiazole rings is 1. The molecule has 2 aromatic heterocycles. The van der Waals surface area contributed by atoms with E-state index in [1.54, 1.807) is 13.3 Å². The van der Waals surface area contributed by atoms with Crippen molar-refractivity contribution in [2.24, 2.45) is 0 Å². The second kappa shape index (κ2) is 7.01. The van der Waals surface area contributed by atoms with Crippen LogP contribution in [0.5, 0.6) is 0 Å². The zero-order valence-electron chi connectivity index (χ0n) is 13.2. The van der Waals surface area contributed by atoms with Crippen LogP contribution in [0.4, 0.5) is 11.6 Å². The Balaban J connectivity index is 1.98. The molecule has 23 heavy (non-hydrogen) atoms. The molecule has 0 aliphatic carbocycles. The van der Waals surface area contributed by atoms with Gasteiger partial charge in [-0.25, -0.2) is 15.0 Å². The molecule has 7 nitrogen and oxygen atoms in total. The van der Waals surface area contributed by atoms with Gasteiger partial charge in [-0.2, -0.15) is 0 Å². The lowest BCUT2D eigenvalue weighted by Crippen LogP contribution is -2.33. The minimum Gasteiger partial charge on any atom is -0.383 e. The zero-order chi connectivity index (χ0) is 16.2. The highest BCUT2D eigenvalue weighted by atomic mass is 32.1. The first-order valence-corrected chi connectivity index (χ1v) is 8.37. The summed E-state index contributed by atoms with van der Waals surface area (Å²) in [6, 6.07) is 2.11.